The summed E-state index contributed by atoms with van der Waals surface area (Å²) in [6, 6.07) is 0. The highest BCUT2D eigenvalue weighted by Gasteiger charge is 1.70. The van der Waals surface area contributed by atoms with Gasteiger partial charge in [-0.3, -0.25) is 0 Å². The second-order valence-electron chi connectivity index (χ2n) is 0.808. The maximum atomic E-state index is 9.76. The molecule has 0 radical (unpaired) electrons. The maximum Gasteiger partial charge on any atom is 0.732 e. The average Bonchev–Trinajstić information content (AvgIpc) is 1.39. The summed E-state index contributed by atoms with van der Waals surface area (Å²) in [6.07, 6.45) is 1.25. The third-order valence-corrected chi connectivity index (χ3v) is 0. The summed E-state index contributed by atoms with van der Waals surface area (Å²) in [7, 11) is 0. The van der Waals surface area contributed by atoms with Crippen molar-refractivity contribution in [3.05, 3.63) is 0 Å². The van der Waals surface area contributed by atoms with Crippen molar-refractivity contribution in [3.8, 4) is 0 Å². The molecule has 0 saturated heterocycles. The lowest BCUT2D eigenvalue weighted by molar-refractivity contribution is 0.712. The van der Waals surface area contributed by atoms with E-state index in [1.807, 2.05) is 0 Å². The molecule has 0 amide bonds. The van der Waals surface area contributed by atoms with Crippen LogP contribution in [-0.4, -0.2) is 16.1 Å². The van der Waals surface area contributed by atoms with Crippen LogP contribution < -0.4 is 0 Å². The average molecular weight is 110 g/mol. The minimum absolute atomic E-state index is 1.25. The van der Waals surface area contributed by atoms with Crippen LogP contribution in [0.4, 0.5) is 7.05 Å². The number of hydrogen-bond donors (Lipinski definition) is 0. The van der Waals surface area contributed by atoms with Gasteiger partial charge in [0.2, 0.25) is 0 Å². The normalized spacial score (nSPS) is 5.33. The molecule has 0 aromatic carbocycles. The Morgan fingerprint density at radius 3 is 1.33 bits per heavy atom. The van der Waals surface area contributed by atoms with Crippen molar-refractivity contribution >= 4 is 16.1 Å². The molecule has 0 bridgehead atoms. The van der Waals surface area contributed by atoms with Gasteiger partial charge in [0.05, 0.1) is 0 Å². The molecule has 0 aliphatic carbocycles. The van der Waals surface area contributed by atoms with Crippen molar-refractivity contribution in [1.29, 1.82) is 0 Å². The monoisotopic (exact) mass is 110 g/mol. The molecular formula is C3H9AlF2. The van der Waals surface area contributed by atoms with Crippen LogP contribution in [0, 0.1) is 0 Å². The molecule has 0 aromatic heterocycles. The molecule has 3 heteroatoms. The molecule has 0 spiro atoms. The second-order valence-corrected chi connectivity index (χ2v) is 1.01. The predicted molar refractivity (Wildman–Crippen MR) is 25.3 cm³/mol. The molecule has 0 rings (SSSR count). The molecule has 0 fully saturated rings. The smallest absolute Gasteiger partial charge is 0.377 e. The van der Waals surface area contributed by atoms with Gasteiger partial charge in [0, 0.05) is 0 Å². The zero-order valence-corrected chi connectivity index (χ0v) is 5.58. The highest BCUT2D eigenvalue weighted by atomic mass is 27.2. The molecule has 38 valence electrons. The lowest BCUT2D eigenvalue weighted by Crippen LogP contribution is -1.45. The molecule has 0 nitrogen and oxygen atoms in total. The van der Waals surface area contributed by atoms with E-state index in [-0.39, 0.29) is 0 Å². The fraction of sp³-hybridized carbons (Fsp3) is 1.00. The van der Waals surface area contributed by atoms with Crippen LogP contribution >= 0.6 is 0 Å². The molecule has 0 aromatic rings. The molecule has 0 saturated carbocycles. The molecule has 0 aliphatic rings. The van der Waals surface area contributed by atoms with Gasteiger partial charge in [-0.1, -0.05) is 20.3 Å². The third kappa shape index (κ3) is 328. The summed E-state index contributed by atoms with van der Waals surface area (Å²) in [5.74, 6) is 0. The zero-order chi connectivity index (χ0) is 5.41. The number of hydrogen-bond acceptors (Lipinski definition) is 0. The summed E-state index contributed by atoms with van der Waals surface area (Å²) >= 11 is -2.58. The van der Waals surface area contributed by atoms with Crippen molar-refractivity contribution in [2.24, 2.45) is 0 Å². The summed E-state index contributed by atoms with van der Waals surface area (Å²) < 4.78 is 19.5. The van der Waals surface area contributed by atoms with Crippen molar-refractivity contribution in [2.75, 3.05) is 0 Å². The van der Waals surface area contributed by atoms with Gasteiger partial charge in [-0.25, -0.2) is 0 Å². The van der Waals surface area contributed by atoms with Crippen LogP contribution in [0.1, 0.15) is 20.3 Å². The number of rotatable bonds is 0. The van der Waals surface area contributed by atoms with Crippen LogP contribution in [0.25, 0.3) is 0 Å². The van der Waals surface area contributed by atoms with Gasteiger partial charge in [0.15, 0.2) is 0 Å². The van der Waals surface area contributed by atoms with Crippen molar-refractivity contribution < 1.29 is 7.05 Å². The number of halogens is 2. The van der Waals surface area contributed by atoms with E-state index in [9.17, 15) is 7.05 Å². The van der Waals surface area contributed by atoms with E-state index in [0.29, 0.717) is 0 Å². The van der Waals surface area contributed by atoms with Gasteiger partial charge in [-0.15, -0.1) is 0 Å². The van der Waals surface area contributed by atoms with E-state index in [4.69, 9.17) is 0 Å². The molecular weight excluding hydrogens is 101 g/mol. The largest absolute Gasteiger partial charge is 0.732 e. The van der Waals surface area contributed by atoms with Gasteiger partial charge < -0.3 is 7.05 Å². The molecule has 0 N–H and O–H groups in total. The van der Waals surface area contributed by atoms with Gasteiger partial charge >= 0.3 is 16.1 Å². The Labute approximate surface area is 44.2 Å². The van der Waals surface area contributed by atoms with Crippen LogP contribution in [0.3, 0.4) is 0 Å². The van der Waals surface area contributed by atoms with E-state index in [0.717, 1.165) is 0 Å². The molecule has 6 heavy (non-hydrogen) atoms. The Morgan fingerprint density at radius 1 is 1.33 bits per heavy atom. The van der Waals surface area contributed by atoms with Gasteiger partial charge in [0.25, 0.3) is 0 Å². The zero-order valence-electron chi connectivity index (χ0n) is 4.17. The standard InChI is InChI=1S/C3H8.Al.2FH.H/c1-3-2;;;;/h3H2,1-2H3;;2*1H;/q;+2;;;/p-2. The Kier molecular flexibility index (Phi) is 29.2. The van der Waals surface area contributed by atoms with Crippen LogP contribution in [0.15, 0.2) is 0 Å². The quantitative estimate of drug-likeness (QED) is 0.415. The topological polar surface area (TPSA) is 0 Å². The van der Waals surface area contributed by atoms with E-state index in [1.165, 1.54) is 6.42 Å². The Balaban J connectivity index is 0. The van der Waals surface area contributed by atoms with Crippen LogP contribution in [0.5, 0.6) is 0 Å². The summed E-state index contributed by atoms with van der Waals surface area (Å²) in [6.45, 7) is 4.25. The van der Waals surface area contributed by atoms with Crippen molar-refractivity contribution in [3.63, 3.8) is 0 Å². The lowest BCUT2D eigenvalue weighted by atomic mass is 10.6. The van der Waals surface area contributed by atoms with E-state index in [1.54, 1.807) is 0 Å². The first kappa shape index (κ1) is 9.63. The first-order valence-electron chi connectivity index (χ1n) is 1.95. The third-order valence-electron chi connectivity index (χ3n) is 0. The fourth-order valence-corrected chi connectivity index (χ4v) is 0. The summed E-state index contributed by atoms with van der Waals surface area (Å²) in [5, 5.41) is 0. The SMILES string of the molecule is CCC.[F][AlH][F]. The summed E-state index contributed by atoms with van der Waals surface area (Å²) in [5.41, 5.74) is 0. The highest BCUT2D eigenvalue weighted by molar-refractivity contribution is 6.15. The fourth-order valence-electron chi connectivity index (χ4n) is 0. The van der Waals surface area contributed by atoms with Gasteiger partial charge in [-0.2, -0.15) is 0 Å². The first-order chi connectivity index (χ1) is 2.83. The highest BCUT2D eigenvalue weighted by Crippen LogP contribution is 1.56. The van der Waals surface area contributed by atoms with Crippen molar-refractivity contribution in [1.82, 2.24) is 0 Å². The van der Waals surface area contributed by atoms with E-state index in [2.05, 4.69) is 13.8 Å². The first-order valence-corrected chi connectivity index (χ1v) is 3.02. The molecule has 0 atom stereocenters. The van der Waals surface area contributed by atoms with Crippen LogP contribution in [-0.2, 0) is 0 Å². The Hall–Kier alpha value is 0.392. The van der Waals surface area contributed by atoms with E-state index < -0.39 is 16.1 Å². The predicted octanol–water partition coefficient (Wildman–Crippen LogP) is 1.61. The lowest BCUT2D eigenvalue weighted by Gasteiger charge is -1.48. The Bertz CT molecular complexity index is 10.8. The van der Waals surface area contributed by atoms with E-state index >= 15 is 0 Å². The minimum Gasteiger partial charge on any atom is -0.377 e. The molecule has 0 heterocycles. The minimum atomic E-state index is -2.58. The van der Waals surface area contributed by atoms with Crippen molar-refractivity contribution in [2.45, 2.75) is 20.3 Å². The van der Waals surface area contributed by atoms with Crippen LogP contribution in [0.2, 0.25) is 0 Å². The van der Waals surface area contributed by atoms with Gasteiger partial charge in [-0.05, 0) is 0 Å². The summed E-state index contributed by atoms with van der Waals surface area (Å²) in [4.78, 5) is 0. The maximum absolute atomic E-state index is 9.76. The second kappa shape index (κ2) is 18.2. The Morgan fingerprint density at radius 2 is 1.33 bits per heavy atom. The molecule has 0 unspecified atom stereocenters. The van der Waals surface area contributed by atoms with Gasteiger partial charge in [0.1, 0.15) is 0 Å². The molecule has 0 aliphatic heterocycles.